The fourth-order valence-electron chi connectivity index (χ4n) is 3.37. The van der Waals surface area contributed by atoms with Crippen molar-refractivity contribution >= 4 is 11.9 Å². The molecule has 0 spiro atoms. The lowest BCUT2D eigenvalue weighted by Crippen LogP contribution is -2.38. The van der Waals surface area contributed by atoms with Crippen LogP contribution in [0.15, 0.2) is 35.5 Å². The molecule has 1 amide bonds. The first-order valence-corrected chi connectivity index (χ1v) is 10.5. The standard InChI is InChI=1S/C23H36N6O/c1-8-24-23(28(6)15-20-16-29(7)26-21(20)17(2)3)25-13-12-18-10-9-11-19(14-18)22(30)27(4)5/h9-11,14,16-17H,8,12-13,15H2,1-7H3,(H,24,25). The van der Waals surface area contributed by atoms with Crippen LogP contribution in [0.3, 0.4) is 0 Å². The molecule has 0 saturated carbocycles. The Bertz CT molecular complexity index is 868. The van der Waals surface area contributed by atoms with Gasteiger partial charge in [-0.15, -0.1) is 0 Å². The number of hydrogen-bond donors (Lipinski definition) is 1. The van der Waals surface area contributed by atoms with Gasteiger partial charge < -0.3 is 15.1 Å². The minimum atomic E-state index is 0.0193. The highest BCUT2D eigenvalue weighted by Gasteiger charge is 2.15. The Morgan fingerprint density at radius 1 is 1.27 bits per heavy atom. The molecule has 1 heterocycles. The van der Waals surface area contributed by atoms with Gasteiger partial charge in [-0.3, -0.25) is 14.5 Å². The van der Waals surface area contributed by atoms with Gasteiger partial charge in [-0.1, -0.05) is 26.0 Å². The quantitative estimate of drug-likeness (QED) is 0.535. The van der Waals surface area contributed by atoms with Gasteiger partial charge in [0.1, 0.15) is 0 Å². The summed E-state index contributed by atoms with van der Waals surface area (Å²) < 4.78 is 1.88. The van der Waals surface area contributed by atoms with E-state index in [0.29, 0.717) is 18.0 Å². The monoisotopic (exact) mass is 412 g/mol. The van der Waals surface area contributed by atoms with Crippen molar-refractivity contribution in [2.75, 3.05) is 34.2 Å². The van der Waals surface area contributed by atoms with Crippen LogP contribution >= 0.6 is 0 Å². The highest BCUT2D eigenvalue weighted by molar-refractivity contribution is 5.94. The molecule has 7 nitrogen and oxygen atoms in total. The topological polar surface area (TPSA) is 65.8 Å². The molecule has 0 saturated heterocycles. The molecular formula is C23H36N6O. The van der Waals surface area contributed by atoms with Crippen molar-refractivity contribution in [1.82, 2.24) is 24.9 Å². The van der Waals surface area contributed by atoms with Crippen LogP contribution in [0.1, 0.15) is 53.9 Å². The van der Waals surface area contributed by atoms with Crippen LogP contribution in [0.25, 0.3) is 0 Å². The van der Waals surface area contributed by atoms with E-state index in [4.69, 9.17) is 4.99 Å². The Morgan fingerprint density at radius 2 is 2.00 bits per heavy atom. The van der Waals surface area contributed by atoms with Gasteiger partial charge in [0.25, 0.3) is 5.91 Å². The number of guanidine groups is 1. The van der Waals surface area contributed by atoms with Crippen molar-refractivity contribution in [3.05, 3.63) is 52.8 Å². The molecule has 0 bridgehead atoms. The Kier molecular flexibility index (Phi) is 8.45. The van der Waals surface area contributed by atoms with Crippen LogP contribution in [0, 0.1) is 0 Å². The Labute approximate surface area is 180 Å². The van der Waals surface area contributed by atoms with Crippen molar-refractivity contribution in [3.63, 3.8) is 0 Å². The van der Waals surface area contributed by atoms with E-state index in [1.54, 1.807) is 19.0 Å². The Hall–Kier alpha value is -2.83. The number of carbonyl (C=O) groups excluding carboxylic acids is 1. The first-order valence-electron chi connectivity index (χ1n) is 10.5. The molecule has 1 aromatic carbocycles. The average molecular weight is 413 g/mol. The lowest BCUT2D eigenvalue weighted by Gasteiger charge is -2.22. The normalized spacial score (nSPS) is 11.7. The number of aliphatic imine (C=N–C) groups is 1. The molecule has 1 aromatic heterocycles. The molecule has 2 rings (SSSR count). The van der Waals surface area contributed by atoms with E-state index in [1.165, 1.54) is 5.56 Å². The maximum Gasteiger partial charge on any atom is 0.253 e. The molecule has 30 heavy (non-hydrogen) atoms. The van der Waals surface area contributed by atoms with Crippen molar-refractivity contribution in [2.24, 2.45) is 12.0 Å². The molecule has 7 heteroatoms. The van der Waals surface area contributed by atoms with Crippen molar-refractivity contribution in [2.45, 2.75) is 39.7 Å². The second kappa shape index (κ2) is 10.8. The lowest BCUT2D eigenvalue weighted by molar-refractivity contribution is 0.0827. The summed E-state index contributed by atoms with van der Waals surface area (Å²) in [6.45, 7) is 8.61. The van der Waals surface area contributed by atoms with Crippen LogP contribution in [0.5, 0.6) is 0 Å². The van der Waals surface area contributed by atoms with Crippen molar-refractivity contribution < 1.29 is 4.79 Å². The maximum absolute atomic E-state index is 12.2. The summed E-state index contributed by atoms with van der Waals surface area (Å²) in [4.78, 5) is 20.7. The minimum Gasteiger partial charge on any atom is -0.357 e. The zero-order valence-electron chi connectivity index (χ0n) is 19.4. The molecule has 0 aliphatic rings. The zero-order chi connectivity index (χ0) is 22.3. The molecule has 0 aliphatic carbocycles. The molecule has 0 fully saturated rings. The lowest BCUT2D eigenvalue weighted by atomic mass is 10.1. The number of rotatable bonds is 8. The molecule has 2 aromatic rings. The van der Waals surface area contributed by atoms with Crippen LogP contribution < -0.4 is 5.32 Å². The molecule has 0 unspecified atom stereocenters. The van der Waals surface area contributed by atoms with E-state index < -0.39 is 0 Å². The Balaban J connectivity index is 2.07. The predicted molar refractivity (Wildman–Crippen MR) is 123 cm³/mol. The predicted octanol–water partition coefficient (Wildman–Crippen LogP) is 2.89. The molecule has 0 radical (unpaired) electrons. The van der Waals surface area contributed by atoms with Crippen LogP contribution in [0.4, 0.5) is 0 Å². The number of benzene rings is 1. The largest absolute Gasteiger partial charge is 0.357 e. The maximum atomic E-state index is 12.2. The van der Waals surface area contributed by atoms with Gasteiger partial charge in [-0.2, -0.15) is 5.10 Å². The molecule has 1 N–H and O–H groups in total. The van der Waals surface area contributed by atoms with Gasteiger partial charge in [0.2, 0.25) is 0 Å². The van der Waals surface area contributed by atoms with E-state index in [1.807, 2.05) is 36.0 Å². The van der Waals surface area contributed by atoms with E-state index in [9.17, 15) is 4.79 Å². The first kappa shape index (κ1) is 23.4. The first-order chi connectivity index (χ1) is 14.2. The fraction of sp³-hybridized carbons (Fsp3) is 0.522. The van der Waals surface area contributed by atoms with Crippen molar-refractivity contribution in [3.8, 4) is 0 Å². The summed E-state index contributed by atoms with van der Waals surface area (Å²) in [6, 6.07) is 7.79. The highest BCUT2D eigenvalue weighted by atomic mass is 16.2. The van der Waals surface area contributed by atoms with E-state index in [-0.39, 0.29) is 5.91 Å². The van der Waals surface area contributed by atoms with E-state index >= 15 is 0 Å². The van der Waals surface area contributed by atoms with Crippen LogP contribution in [-0.2, 0) is 20.0 Å². The minimum absolute atomic E-state index is 0.0193. The summed E-state index contributed by atoms with van der Waals surface area (Å²) in [5, 5.41) is 7.98. The third kappa shape index (κ3) is 6.34. The average Bonchev–Trinajstić information content (AvgIpc) is 3.07. The highest BCUT2D eigenvalue weighted by Crippen LogP contribution is 2.18. The van der Waals surface area contributed by atoms with Gasteiger partial charge in [0.05, 0.1) is 5.69 Å². The summed E-state index contributed by atoms with van der Waals surface area (Å²) in [5.41, 5.74) is 4.17. The number of amides is 1. The second-order valence-corrected chi connectivity index (χ2v) is 8.11. The number of hydrogen-bond acceptors (Lipinski definition) is 3. The fourth-order valence-corrected chi connectivity index (χ4v) is 3.37. The molecule has 0 aliphatic heterocycles. The number of carbonyl (C=O) groups is 1. The summed E-state index contributed by atoms with van der Waals surface area (Å²) in [5.74, 6) is 1.27. The summed E-state index contributed by atoms with van der Waals surface area (Å²) in [7, 11) is 7.55. The smallest absolute Gasteiger partial charge is 0.253 e. The second-order valence-electron chi connectivity index (χ2n) is 8.11. The number of nitrogens with zero attached hydrogens (tertiary/aromatic N) is 5. The van der Waals surface area contributed by atoms with Gasteiger partial charge in [-0.25, -0.2) is 0 Å². The number of aromatic nitrogens is 2. The molecule has 0 atom stereocenters. The zero-order valence-corrected chi connectivity index (χ0v) is 19.4. The van der Waals surface area contributed by atoms with E-state index in [2.05, 4.69) is 49.3 Å². The van der Waals surface area contributed by atoms with Crippen LogP contribution in [-0.4, -0.2) is 65.7 Å². The van der Waals surface area contributed by atoms with E-state index in [0.717, 1.165) is 36.7 Å². The van der Waals surface area contributed by atoms with Gasteiger partial charge >= 0.3 is 0 Å². The molecular weight excluding hydrogens is 376 g/mol. The SMILES string of the molecule is CCNC(=NCCc1cccc(C(=O)N(C)C)c1)N(C)Cc1cn(C)nc1C(C)C. The van der Waals surface area contributed by atoms with Crippen LogP contribution in [0.2, 0.25) is 0 Å². The molecule has 164 valence electrons. The third-order valence-electron chi connectivity index (χ3n) is 4.83. The summed E-state index contributed by atoms with van der Waals surface area (Å²) in [6.07, 6.45) is 2.87. The number of nitrogens with one attached hydrogen (secondary N) is 1. The summed E-state index contributed by atoms with van der Waals surface area (Å²) >= 11 is 0. The van der Waals surface area contributed by atoms with Crippen molar-refractivity contribution in [1.29, 1.82) is 0 Å². The van der Waals surface area contributed by atoms with Gasteiger partial charge in [-0.05, 0) is 37.0 Å². The van der Waals surface area contributed by atoms with Gasteiger partial charge in [0, 0.05) is 65.1 Å². The van der Waals surface area contributed by atoms with Gasteiger partial charge in [0.15, 0.2) is 5.96 Å². The third-order valence-corrected chi connectivity index (χ3v) is 4.83. The Morgan fingerprint density at radius 3 is 2.63 bits per heavy atom. The number of aryl methyl sites for hydroxylation is 1.